The van der Waals surface area contributed by atoms with E-state index in [1.807, 2.05) is 79.7 Å². The van der Waals surface area contributed by atoms with Gasteiger partial charge in [0.05, 0.1) is 12.0 Å². The first-order valence-electron chi connectivity index (χ1n) is 9.92. The van der Waals surface area contributed by atoms with Crippen LogP contribution in [0.15, 0.2) is 76.6 Å². The number of nitrogens with zero attached hydrogens (tertiary/aromatic N) is 1. The summed E-state index contributed by atoms with van der Waals surface area (Å²) in [5.41, 5.74) is 3.50. The molecule has 1 saturated heterocycles. The molecule has 0 radical (unpaired) electrons. The van der Waals surface area contributed by atoms with E-state index in [1.165, 1.54) is 11.8 Å². The zero-order valence-corrected chi connectivity index (χ0v) is 19.2. The van der Waals surface area contributed by atoms with Gasteiger partial charge in [-0.25, -0.2) is 4.99 Å². The smallest absolute Gasteiger partial charge is 0.264 e. The Morgan fingerprint density at radius 2 is 1.91 bits per heavy atom. The van der Waals surface area contributed by atoms with Gasteiger partial charge in [0.2, 0.25) is 0 Å². The highest BCUT2D eigenvalue weighted by molar-refractivity contribution is 8.18. The molecule has 32 heavy (non-hydrogen) atoms. The van der Waals surface area contributed by atoms with Gasteiger partial charge in [0.1, 0.15) is 23.8 Å². The van der Waals surface area contributed by atoms with E-state index in [9.17, 15) is 4.79 Å². The Labute approximate surface area is 196 Å². The zero-order valence-electron chi connectivity index (χ0n) is 17.6. The van der Waals surface area contributed by atoms with Crippen molar-refractivity contribution >= 4 is 46.2 Å². The van der Waals surface area contributed by atoms with E-state index < -0.39 is 0 Å². The number of methoxy groups -OCH3 is 1. The minimum atomic E-state index is -0.204. The summed E-state index contributed by atoms with van der Waals surface area (Å²) < 4.78 is 11.4. The first kappa shape index (κ1) is 22.0. The second-order valence-corrected chi connectivity index (χ2v) is 8.58. The normalized spacial score (nSPS) is 15.8. The van der Waals surface area contributed by atoms with Gasteiger partial charge in [-0.05, 0) is 66.2 Å². The van der Waals surface area contributed by atoms with Crippen molar-refractivity contribution in [3.05, 3.63) is 93.3 Å². The quantitative estimate of drug-likeness (QED) is 0.446. The third-order valence-electron chi connectivity index (χ3n) is 4.70. The van der Waals surface area contributed by atoms with Gasteiger partial charge in [-0.1, -0.05) is 48.0 Å². The molecule has 7 heteroatoms. The molecular formula is C25H21ClN2O3S. The van der Waals surface area contributed by atoms with E-state index in [4.69, 9.17) is 21.1 Å². The number of hydrogen-bond acceptors (Lipinski definition) is 5. The molecule has 0 unspecified atom stereocenters. The van der Waals surface area contributed by atoms with Gasteiger partial charge >= 0.3 is 0 Å². The van der Waals surface area contributed by atoms with Crippen LogP contribution >= 0.6 is 23.4 Å². The molecular weight excluding hydrogens is 444 g/mol. The highest BCUT2D eigenvalue weighted by atomic mass is 35.5. The van der Waals surface area contributed by atoms with Crippen LogP contribution in [-0.2, 0) is 11.4 Å². The summed E-state index contributed by atoms with van der Waals surface area (Å²) in [6.07, 6.45) is 1.81. The van der Waals surface area contributed by atoms with Gasteiger partial charge in [-0.3, -0.25) is 4.79 Å². The number of carbonyl (C=O) groups excluding carboxylic acids is 1. The Morgan fingerprint density at radius 1 is 1.06 bits per heavy atom. The summed E-state index contributed by atoms with van der Waals surface area (Å²) in [6.45, 7) is 2.36. The lowest BCUT2D eigenvalue weighted by atomic mass is 10.2. The molecule has 1 aliphatic heterocycles. The summed E-state index contributed by atoms with van der Waals surface area (Å²) in [4.78, 5) is 17.7. The van der Waals surface area contributed by atoms with Crippen LogP contribution in [0.3, 0.4) is 0 Å². The van der Waals surface area contributed by atoms with Crippen molar-refractivity contribution < 1.29 is 14.3 Å². The van der Waals surface area contributed by atoms with Gasteiger partial charge < -0.3 is 14.8 Å². The van der Waals surface area contributed by atoms with Crippen LogP contribution in [0, 0.1) is 6.92 Å². The molecule has 0 atom stereocenters. The van der Waals surface area contributed by atoms with Crippen LogP contribution in [0.4, 0.5) is 5.69 Å². The molecule has 5 nitrogen and oxygen atoms in total. The molecule has 3 aromatic rings. The number of hydrogen-bond donors (Lipinski definition) is 1. The average molecular weight is 465 g/mol. The van der Waals surface area contributed by atoms with Crippen molar-refractivity contribution in [1.29, 1.82) is 0 Å². The van der Waals surface area contributed by atoms with Crippen LogP contribution in [0.2, 0.25) is 5.02 Å². The third kappa shape index (κ3) is 5.33. The van der Waals surface area contributed by atoms with Crippen LogP contribution < -0.4 is 14.8 Å². The fraction of sp³-hybridized carbons (Fsp3) is 0.120. The summed E-state index contributed by atoms with van der Waals surface area (Å²) in [6, 6.07) is 20.9. The Bertz CT molecular complexity index is 1220. The predicted molar refractivity (Wildman–Crippen MR) is 131 cm³/mol. The Balaban J connectivity index is 1.55. The number of amidine groups is 1. The molecule has 0 aromatic heterocycles. The summed E-state index contributed by atoms with van der Waals surface area (Å²) in [7, 11) is 1.60. The number of ether oxygens (including phenoxy) is 2. The van der Waals surface area contributed by atoms with E-state index in [0.29, 0.717) is 38.9 Å². The van der Waals surface area contributed by atoms with Crippen molar-refractivity contribution in [1.82, 2.24) is 5.32 Å². The minimum absolute atomic E-state index is 0.204. The molecule has 162 valence electrons. The lowest BCUT2D eigenvalue weighted by Gasteiger charge is -2.10. The fourth-order valence-electron chi connectivity index (χ4n) is 3.14. The largest absolute Gasteiger partial charge is 0.494 e. The molecule has 3 aromatic carbocycles. The van der Waals surface area contributed by atoms with Crippen molar-refractivity contribution in [3.63, 3.8) is 0 Å². The Kier molecular flexibility index (Phi) is 6.83. The number of para-hydroxylation sites is 1. The number of nitrogens with one attached hydrogen (secondary N) is 1. The topological polar surface area (TPSA) is 59.9 Å². The van der Waals surface area contributed by atoms with E-state index in [0.717, 1.165) is 16.7 Å². The Morgan fingerprint density at radius 3 is 2.72 bits per heavy atom. The number of rotatable bonds is 6. The average Bonchev–Trinajstić information content (AvgIpc) is 3.12. The van der Waals surface area contributed by atoms with Crippen molar-refractivity contribution in [2.24, 2.45) is 4.99 Å². The Hall–Kier alpha value is -3.22. The summed E-state index contributed by atoms with van der Waals surface area (Å²) in [5.74, 6) is 1.12. The number of aryl methyl sites for hydroxylation is 1. The van der Waals surface area contributed by atoms with Gasteiger partial charge in [0.15, 0.2) is 5.17 Å². The van der Waals surface area contributed by atoms with E-state index in [-0.39, 0.29) is 5.91 Å². The summed E-state index contributed by atoms with van der Waals surface area (Å²) >= 11 is 7.34. The van der Waals surface area contributed by atoms with E-state index in [1.54, 1.807) is 7.11 Å². The molecule has 1 fully saturated rings. The monoisotopic (exact) mass is 464 g/mol. The number of carbonyl (C=O) groups is 1. The highest BCUT2D eigenvalue weighted by Crippen LogP contribution is 2.34. The first-order chi connectivity index (χ1) is 15.5. The molecule has 1 aliphatic rings. The maximum absolute atomic E-state index is 12.6. The molecule has 1 amide bonds. The highest BCUT2D eigenvalue weighted by Gasteiger charge is 2.24. The minimum Gasteiger partial charge on any atom is -0.494 e. The molecule has 1 N–H and O–H groups in total. The molecule has 4 rings (SSSR count). The van der Waals surface area contributed by atoms with Crippen LogP contribution in [-0.4, -0.2) is 18.2 Å². The first-order valence-corrected chi connectivity index (χ1v) is 11.1. The van der Waals surface area contributed by atoms with E-state index >= 15 is 0 Å². The van der Waals surface area contributed by atoms with E-state index in [2.05, 4.69) is 10.3 Å². The SMILES string of the molecule is COc1ccc(C)cc1N=C1NC(=O)/C(=C/c2ccccc2OCc2cccc(Cl)c2)S1. The van der Waals surface area contributed by atoms with Crippen LogP contribution in [0.1, 0.15) is 16.7 Å². The zero-order chi connectivity index (χ0) is 22.5. The van der Waals surface area contributed by atoms with Crippen molar-refractivity contribution in [2.75, 3.05) is 7.11 Å². The standard InChI is InChI=1S/C25H21ClN2O3S/c1-16-10-11-22(30-2)20(12-16)27-25-28-24(29)23(32-25)14-18-7-3-4-9-21(18)31-15-17-6-5-8-19(26)13-17/h3-14H,15H2,1-2H3,(H,27,28,29)/b23-14-. The molecule has 0 aliphatic carbocycles. The molecule has 0 bridgehead atoms. The van der Waals surface area contributed by atoms with Gasteiger partial charge in [-0.2, -0.15) is 0 Å². The maximum Gasteiger partial charge on any atom is 0.264 e. The molecule has 0 spiro atoms. The number of benzene rings is 3. The maximum atomic E-state index is 12.6. The molecule has 1 heterocycles. The van der Waals surface area contributed by atoms with Crippen molar-refractivity contribution in [2.45, 2.75) is 13.5 Å². The second-order valence-electron chi connectivity index (χ2n) is 7.11. The van der Waals surface area contributed by atoms with Crippen LogP contribution in [0.25, 0.3) is 6.08 Å². The number of aliphatic imine (C=N–C) groups is 1. The van der Waals surface area contributed by atoms with Gasteiger partial charge in [-0.15, -0.1) is 0 Å². The third-order valence-corrected chi connectivity index (χ3v) is 5.84. The lowest BCUT2D eigenvalue weighted by molar-refractivity contribution is -0.115. The number of halogens is 1. The predicted octanol–water partition coefficient (Wildman–Crippen LogP) is 6.13. The lowest BCUT2D eigenvalue weighted by Crippen LogP contribution is -2.19. The van der Waals surface area contributed by atoms with Gasteiger partial charge in [0.25, 0.3) is 5.91 Å². The number of amides is 1. The van der Waals surface area contributed by atoms with Crippen molar-refractivity contribution in [3.8, 4) is 11.5 Å². The second kappa shape index (κ2) is 9.94. The summed E-state index contributed by atoms with van der Waals surface area (Å²) in [5, 5.41) is 3.99. The number of thioether (sulfide) groups is 1. The fourth-order valence-corrected chi connectivity index (χ4v) is 4.18. The van der Waals surface area contributed by atoms with Gasteiger partial charge in [0, 0.05) is 10.6 Å². The molecule has 0 saturated carbocycles. The van der Waals surface area contributed by atoms with Crippen LogP contribution in [0.5, 0.6) is 11.5 Å².